The lowest BCUT2D eigenvalue weighted by atomic mass is 10.1. The number of methoxy groups -OCH3 is 1. The van der Waals surface area contributed by atoms with E-state index in [1.165, 1.54) is 51.0 Å². The number of benzene rings is 1. The van der Waals surface area contributed by atoms with E-state index in [-0.39, 0.29) is 23.5 Å². The molecule has 28 heavy (non-hydrogen) atoms. The zero-order chi connectivity index (χ0) is 19.9. The summed E-state index contributed by atoms with van der Waals surface area (Å²) in [5.41, 5.74) is 0.859. The van der Waals surface area contributed by atoms with Crippen molar-refractivity contribution in [3.05, 3.63) is 57.8 Å². The Morgan fingerprint density at radius 3 is 2.57 bits per heavy atom. The first-order valence-electron chi connectivity index (χ1n) is 9.38. The van der Waals surface area contributed by atoms with E-state index in [2.05, 4.69) is 15.2 Å². The predicted molar refractivity (Wildman–Crippen MR) is 106 cm³/mol. The first-order chi connectivity index (χ1) is 13.6. The Bertz CT molecular complexity index is 831. The molecule has 0 saturated carbocycles. The molecule has 1 aromatic carbocycles. The fourth-order valence-electron chi connectivity index (χ4n) is 3.23. The van der Waals surface area contributed by atoms with Crippen LogP contribution in [0.25, 0.3) is 0 Å². The Kier molecular flexibility index (Phi) is 6.41. The molecule has 0 aliphatic carbocycles. The first kappa shape index (κ1) is 19.6. The molecule has 1 N–H and O–H groups in total. The summed E-state index contributed by atoms with van der Waals surface area (Å²) >= 11 is 0. The van der Waals surface area contributed by atoms with Crippen LogP contribution >= 0.6 is 0 Å². The number of non-ortho nitro benzene ring substituents is 1. The van der Waals surface area contributed by atoms with Crippen LogP contribution in [-0.2, 0) is 6.54 Å². The molecule has 0 atom stereocenters. The van der Waals surface area contributed by atoms with E-state index < -0.39 is 10.8 Å². The Hall–Kier alpha value is -3.16. The second kappa shape index (κ2) is 9.16. The van der Waals surface area contributed by atoms with Gasteiger partial charge in [0.05, 0.1) is 18.1 Å². The fourth-order valence-corrected chi connectivity index (χ4v) is 3.23. The average Bonchev–Trinajstić information content (AvgIpc) is 3.01. The van der Waals surface area contributed by atoms with E-state index in [4.69, 9.17) is 4.74 Å². The minimum atomic E-state index is -0.551. The highest BCUT2D eigenvalue weighted by Gasteiger charge is 2.15. The van der Waals surface area contributed by atoms with Gasteiger partial charge >= 0.3 is 0 Å². The third-order valence-electron chi connectivity index (χ3n) is 4.79. The van der Waals surface area contributed by atoms with Gasteiger partial charge < -0.3 is 15.0 Å². The van der Waals surface area contributed by atoms with Crippen LogP contribution in [0, 0.1) is 10.1 Å². The molecule has 2 aromatic rings. The highest BCUT2D eigenvalue weighted by molar-refractivity contribution is 5.95. The smallest absolute Gasteiger partial charge is 0.273 e. The van der Waals surface area contributed by atoms with E-state index in [9.17, 15) is 14.9 Å². The van der Waals surface area contributed by atoms with Crippen LogP contribution in [0.5, 0.6) is 5.75 Å². The van der Waals surface area contributed by atoms with Gasteiger partial charge in [-0.25, -0.2) is 4.98 Å². The van der Waals surface area contributed by atoms with Gasteiger partial charge in [0.15, 0.2) is 0 Å². The summed E-state index contributed by atoms with van der Waals surface area (Å²) in [5, 5.41) is 13.8. The van der Waals surface area contributed by atoms with Crippen molar-refractivity contribution in [2.24, 2.45) is 0 Å². The number of carbonyl (C=O) groups is 1. The summed E-state index contributed by atoms with van der Waals surface area (Å²) in [7, 11) is 1.40. The second-order valence-corrected chi connectivity index (χ2v) is 6.79. The number of pyridine rings is 1. The molecule has 0 spiro atoms. The summed E-state index contributed by atoms with van der Waals surface area (Å²) in [6, 6.07) is 7.91. The lowest BCUT2D eigenvalue weighted by molar-refractivity contribution is -0.385. The van der Waals surface area contributed by atoms with Crippen LogP contribution in [-0.4, -0.2) is 36.0 Å². The molecule has 8 nitrogen and oxygen atoms in total. The van der Waals surface area contributed by atoms with Gasteiger partial charge in [0.25, 0.3) is 11.6 Å². The first-order valence-corrected chi connectivity index (χ1v) is 9.38. The molecular formula is C20H24N4O4. The maximum Gasteiger partial charge on any atom is 0.273 e. The van der Waals surface area contributed by atoms with E-state index in [1.54, 1.807) is 6.20 Å². The van der Waals surface area contributed by atoms with Gasteiger partial charge in [0.1, 0.15) is 11.6 Å². The van der Waals surface area contributed by atoms with E-state index in [0.29, 0.717) is 0 Å². The largest absolute Gasteiger partial charge is 0.496 e. The van der Waals surface area contributed by atoms with Gasteiger partial charge in [-0.05, 0) is 30.5 Å². The van der Waals surface area contributed by atoms with Crippen LogP contribution in [0.2, 0.25) is 0 Å². The summed E-state index contributed by atoms with van der Waals surface area (Å²) in [6.07, 6.45) is 6.67. The van der Waals surface area contributed by atoms with Gasteiger partial charge in [-0.3, -0.25) is 14.9 Å². The van der Waals surface area contributed by atoms with Crippen molar-refractivity contribution in [3.8, 4) is 5.75 Å². The Labute approximate surface area is 163 Å². The molecule has 0 unspecified atom stereocenters. The summed E-state index contributed by atoms with van der Waals surface area (Å²) in [4.78, 5) is 29.7. The van der Waals surface area contributed by atoms with Gasteiger partial charge in [-0.1, -0.05) is 18.9 Å². The molecule has 1 amide bonds. The molecule has 1 aliphatic heterocycles. The van der Waals surface area contributed by atoms with Crippen molar-refractivity contribution in [2.45, 2.75) is 32.2 Å². The molecule has 0 radical (unpaired) electrons. The van der Waals surface area contributed by atoms with Crippen LogP contribution in [0.1, 0.15) is 41.6 Å². The average molecular weight is 384 g/mol. The second-order valence-electron chi connectivity index (χ2n) is 6.79. The molecule has 3 rings (SSSR count). The fraction of sp³-hybridized carbons (Fsp3) is 0.400. The standard InChI is InChI=1S/C20H24N4O4/c1-28-18-11-16(10-17(12-18)24(26)27)20(25)22-14-15-6-7-19(21-13-15)23-8-4-2-3-5-9-23/h6-7,10-13H,2-5,8-9,14H2,1H3,(H,22,25). The number of nitrogens with zero attached hydrogens (tertiary/aromatic N) is 3. The van der Waals surface area contributed by atoms with Gasteiger partial charge in [0.2, 0.25) is 0 Å². The quantitative estimate of drug-likeness (QED) is 0.606. The van der Waals surface area contributed by atoms with Crippen LogP contribution < -0.4 is 15.0 Å². The molecule has 148 valence electrons. The van der Waals surface area contributed by atoms with E-state index in [0.717, 1.165) is 24.5 Å². The summed E-state index contributed by atoms with van der Waals surface area (Å²) in [5.74, 6) is 0.821. The number of hydrogen-bond acceptors (Lipinski definition) is 6. The normalized spacial score (nSPS) is 14.2. The number of ether oxygens (including phenoxy) is 1. The molecule has 2 heterocycles. The van der Waals surface area contributed by atoms with Crippen molar-refractivity contribution in [1.29, 1.82) is 0 Å². The number of rotatable bonds is 6. The van der Waals surface area contributed by atoms with Gasteiger partial charge in [-0.2, -0.15) is 0 Å². The topological polar surface area (TPSA) is 97.6 Å². The minimum Gasteiger partial charge on any atom is -0.496 e. The number of nitro groups is 1. The van der Waals surface area contributed by atoms with E-state index >= 15 is 0 Å². The lowest BCUT2D eigenvalue weighted by Gasteiger charge is -2.21. The monoisotopic (exact) mass is 384 g/mol. The minimum absolute atomic E-state index is 0.181. The van der Waals surface area contributed by atoms with Crippen molar-refractivity contribution < 1.29 is 14.5 Å². The van der Waals surface area contributed by atoms with Crippen molar-refractivity contribution >= 4 is 17.4 Å². The Balaban J connectivity index is 1.63. The number of anilines is 1. The van der Waals surface area contributed by atoms with E-state index in [1.807, 2.05) is 12.1 Å². The SMILES string of the molecule is COc1cc(C(=O)NCc2ccc(N3CCCCCC3)nc2)cc([N+](=O)[O-])c1. The third kappa shape index (κ3) is 4.97. The van der Waals surface area contributed by atoms with Crippen molar-refractivity contribution in [2.75, 3.05) is 25.1 Å². The molecule has 1 fully saturated rings. The maximum atomic E-state index is 12.4. The number of nitro benzene ring substituents is 1. The van der Waals surface area contributed by atoms with Gasteiger partial charge in [0, 0.05) is 37.5 Å². The highest BCUT2D eigenvalue weighted by atomic mass is 16.6. The summed E-state index contributed by atoms with van der Waals surface area (Å²) < 4.78 is 5.04. The van der Waals surface area contributed by atoms with Gasteiger partial charge in [-0.15, -0.1) is 0 Å². The summed E-state index contributed by atoms with van der Waals surface area (Å²) in [6.45, 7) is 2.34. The number of amides is 1. The Morgan fingerprint density at radius 2 is 1.96 bits per heavy atom. The number of hydrogen-bond donors (Lipinski definition) is 1. The van der Waals surface area contributed by atoms with Crippen LogP contribution in [0.15, 0.2) is 36.5 Å². The number of carbonyl (C=O) groups excluding carboxylic acids is 1. The molecule has 0 bridgehead atoms. The van der Waals surface area contributed by atoms with Crippen molar-refractivity contribution in [1.82, 2.24) is 10.3 Å². The maximum absolute atomic E-state index is 12.4. The molecule has 1 aliphatic rings. The molecule has 1 aromatic heterocycles. The zero-order valence-electron chi connectivity index (χ0n) is 15.9. The number of aromatic nitrogens is 1. The van der Waals surface area contributed by atoms with Crippen LogP contribution in [0.4, 0.5) is 11.5 Å². The predicted octanol–water partition coefficient (Wildman–Crippen LogP) is 3.31. The Morgan fingerprint density at radius 1 is 1.21 bits per heavy atom. The zero-order valence-corrected chi connectivity index (χ0v) is 15.9. The lowest BCUT2D eigenvalue weighted by Crippen LogP contribution is -2.25. The highest BCUT2D eigenvalue weighted by Crippen LogP contribution is 2.22. The van der Waals surface area contributed by atoms with Crippen LogP contribution in [0.3, 0.4) is 0 Å². The molecule has 8 heteroatoms. The number of nitrogens with one attached hydrogen (secondary N) is 1. The molecular weight excluding hydrogens is 360 g/mol. The van der Waals surface area contributed by atoms with Crippen molar-refractivity contribution in [3.63, 3.8) is 0 Å². The molecule has 1 saturated heterocycles. The third-order valence-corrected chi connectivity index (χ3v) is 4.79.